The minimum absolute atomic E-state index is 0.0428. The molecular formula is C33H52NO8P. The number of ether oxygens (including phenoxy) is 1. The molecule has 3 N–H and O–H groups in total. The molecule has 10 heteroatoms. The van der Waals surface area contributed by atoms with Crippen LogP contribution in [0.4, 0.5) is 0 Å². The van der Waals surface area contributed by atoms with E-state index in [2.05, 4.69) is 94.2 Å². The van der Waals surface area contributed by atoms with Gasteiger partial charge in [-0.25, -0.2) is 4.57 Å². The van der Waals surface area contributed by atoms with Crippen molar-refractivity contribution in [2.75, 3.05) is 26.4 Å². The minimum Gasteiger partial charge on any atom is -0.463 e. The highest BCUT2D eigenvalue weighted by molar-refractivity contribution is 7.47. The van der Waals surface area contributed by atoms with Crippen molar-refractivity contribution in [2.24, 2.45) is 0 Å². The van der Waals surface area contributed by atoms with Gasteiger partial charge in [-0.05, 0) is 57.8 Å². The molecule has 242 valence electrons. The minimum atomic E-state index is -4.38. The number of carbonyl (C=O) groups is 2. The molecule has 2 unspecified atom stereocenters. The number of esters is 1. The van der Waals surface area contributed by atoms with Crippen molar-refractivity contribution in [3.05, 3.63) is 85.1 Å². The van der Waals surface area contributed by atoms with E-state index >= 15 is 0 Å². The summed E-state index contributed by atoms with van der Waals surface area (Å²) in [6.07, 6.45) is 37.1. The summed E-state index contributed by atoms with van der Waals surface area (Å²) in [4.78, 5) is 32.0. The lowest BCUT2D eigenvalue weighted by atomic mass is 10.2. The molecule has 0 aliphatic heterocycles. The third kappa shape index (κ3) is 31.9. The predicted molar refractivity (Wildman–Crippen MR) is 173 cm³/mol. The van der Waals surface area contributed by atoms with Crippen molar-refractivity contribution in [1.29, 1.82) is 0 Å². The Morgan fingerprint density at radius 3 is 1.67 bits per heavy atom. The lowest BCUT2D eigenvalue weighted by Gasteiger charge is -2.15. The number of aliphatic hydroxyl groups is 1. The van der Waals surface area contributed by atoms with E-state index in [9.17, 15) is 24.2 Å². The fraction of sp³-hybridized carbons (Fsp3) is 0.515. The van der Waals surface area contributed by atoms with Crippen molar-refractivity contribution >= 4 is 19.7 Å². The smallest absolute Gasteiger partial charge is 0.463 e. The van der Waals surface area contributed by atoms with Gasteiger partial charge in [0.2, 0.25) is 5.91 Å². The number of aliphatic hydroxyl groups excluding tert-OH is 1. The molecule has 0 rings (SSSR count). The fourth-order valence-electron chi connectivity index (χ4n) is 3.19. The standard InChI is InChI=1S/C33H52NO8P/c1-3-4-5-6-7-8-9-10-11-12-13-14-15-16-17-18-19-20-21-22-23-24-25-26-33(37)40-29-32(36)30-42-43(38,39)41-28-27-34-31(2)35/h4-5,7-8,10-11,13-14,16-17,19-20,22-23,32,36H,3,6,9,12,15,18,21,24-30H2,1-2H3,(H,34,35)(H,38,39)/b5-4-,8-7-,11-10-,14-13-,17-16-,20-19-,23-22-. The Bertz CT molecular complexity index is 981. The quantitative estimate of drug-likeness (QED) is 0.0408. The predicted octanol–water partition coefficient (Wildman–Crippen LogP) is 6.97. The van der Waals surface area contributed by atoms with Crippen LogP contribution in [0, 0.1) is 0 Å². The maximum atomic E-state index is 11.8. The molecule has 0 spiro atoms. The fourth-order valence-corrected chi connectivity index (χ4v) is 3.95. The van der Waals surface area contributed by atoms with Crippen molar-refractivity contribution in [3.63, 3.8) is 0 Å². The Morgan fingerprint density at radius 2 is 1.21 bits per heavy atom. The van der Waals surface area contributed by atoms with E-state index < -0.39 is 26.5 Å². The number of unbranched alkanes of at least 4 members (excludes halogenated alkanes) is 1. The number of phosphoric ester groups is 1. The molecule has 1 amide bonds. The van der Waals surface area contributed by atoms with Gasteiger partial charge >= 0.3 is 13.8 Å². The van der Waals surface area contributed by atoms with E-state index in [1.807, 2.05) is 12.2 Å². The van der Waals surface area contributed by atoms with Gasteiger partial charge in [0.25, 0.3) is 0 Å². The third-order valence-corrected chi connectivity index (χ3v) is 6.37. The number of nitrogens with one attached hydrogen (secondary N) is 1. The first-order valence-corrected chi connectivity index (χ1v) is 16.5. The van der Waals surface area contributed by atoms with Crippen molar-refractivity contribution < 1.29 is 37.9 Å². The summed E-state index contributed by atoms with van der Waals surface area (Å²) >= 11 is 0. The number of phosphoric acid groups is 1. The van der Waals surface area contributed by atoms with Gasteiger partial charge in [0, 0.05) is 19.9 Å². The molecule has 0 aromatic heterocycles. The summed E-state index contributed by atoms with van der Waals surface area (Å²) in [5, 5.41) is 12.2. The summed E-state index contributed by atoms with van der Waals surface area (Å²) in [6, 6.07) is 0. The topological polar surface area (TPSA) is 131 Å². The van der Waals surface area contributed by atoms with Gasteiger partial charge in [0.05, 0.1) is 13.2 Å². The van der Waals surface area contributed by atoms with Gasteiger partial charge in [-0.2, -0.15) is 0 Å². The largest absolute Gasteiger partial charge is 0.472 e. The van der Waals surface area contributed by atoms with E-state index in [-0.39, 0.29) is 32.1 Å². The number of hydrogen-bond donors (Lipinski definition) is 3. The van der Waals surface area contributed by atoms with Crippen LogP contribution in [0.15, 0.2) is 85.1 Å². The average molecular weight is 622 g/mol. The molecule has 0 fully saturated rings. The Labute approximate surface area is 258 Å². The molecule has 43 heavy (non-hydrogen) atoms. The number of amides is 1. The number of rotatable bonds is 26. The van der Waals surface area contributed by atoms with Gasteiger partial charge < -0.3 is 20.1 Å². The summed E-state index contributed by atoms with van der Waals surface area (Å²) in [5.41, 5.74) is 0. The molecular weight excluding hydrogens is 569 g/mol. The molecule has 0 saturated heterocycles. The second kappa shape index (κ2) is 29.3. The number of carbonyl (C=O) groups excluding carboxylic acids is 2. The molecule has 0 aliphatic rings. The lowest BCUT2D eigenvalue weighted by Crippen LogP contribution is -2.25. The van der Waals surface area contributed by atoms with Crippen LogP contribution in [0.25, 0.3) is 0 Å². The van der Waals surface area contributed by atoms with Crippen LogP contribution in [0.3, 0.4) is 0 Å². The van der Waals surface area contributed by atoms with Crippen LogP contribution in [0.5, 0.6) is 0 Å². The van der Waals surface area contributed by atoms with E-state index in [0.717, 1.165) is 51.4 Å². The summed E-state index contributed by atoms with van der Waals surface area (Å²) in [7, 11) is -4.38. The van der Waals surface area contributed by atoms with Gasteiger partial charge in [-0.3, -0.25) is 18.6 Å². The molecule has 0 aromatic carbocycles. The third-order valence-electron chi connectivity index (χ3n) is 5.38. The molecule has 0 aromatic rings. The second-order valence-electron chi connectivity index (χ2n) is 9.43. The highest BCUT2D eigenvalue weighted by Crippen LogP contribution is 2.42. The highest BCUT2D eigenvalue weighted by Gasteiger charge is 2.23. The van der Waals surface area contributed by atoms with Crippen LogP contribution in [-0.4, -0.2) is 54.3 Å². The molecule has 2 atom stereocenters. The Morgan fingerprint density at radius 1 is 0.744 bits per heavy atom. The molecule has 9 nitrogen and oxygen atoms in total. The lowest BCUT2D eigenvalue weighted by molar-refractivity contribution is -0.147. The summed E-state index contributed by atoms with van der Waals surface area (Å²) in [5.74, 6) is -0.769. The highest BCUT2D eigenvalue weighted by atomic mass is 31.2. The van der Waals surface area contributed by atoms with E-state index in [0.29, 0.717) is 6.42 Å². The zero-order valence-corrected chi connectivity index (χ0v) is 26.7. The Hall–Kier alpha value is -2.81. The maximum absolute atomic E-state index is 11.8. The van der Waals surface area contributed by atoms with Crippen LogP contribution in [0.2, 0.25) is 0 Å². The zero-order chi connectivity index (χ0) is 31.9. The van der Waals surface area contributed by atoms with Gasteiger partial charge in [0.15, 0.2) is 0 Å². The number of allylic oxidation sites excluding steroid dienone is 14. The van der Waals surface area contributed by atoms with Gasteiger partial charge in [0.1, 0.15) is 12.7 Å². The Balaban J connectivity index is 3.74. The van der Waals surface area contributed by atoms with E-state index in [1.54, 1.807) is 0 Å². The second-order valence-corrected chi connectivity index (χ2v) is 10.9. The normalized spacial score (nSPS) is 14.8. The zero-order valence-electron chi connectivity index (χ0n) is 25.9. The van der Waals surface area contributed by atoms with Crippen LogP contribution < -0.4 is 5.32 Å². The van der Waals surface area contributed by atoms with Crippen molar-refractivity contribution in [1.82, 2.24) is 5.32 Å². The van der Waals surface area contributed by atoms with E-state index in [4.69, 9.17) is 4.74 Å². The molecule has 0 radical (unpaired) electrons. The monoisotopic (exact) mass is 621 g/mol. The SMILES string of the molecule is CC/C=C\C/C=C\C/C=C\C/C=C\C/C=C\C/C=C\C/C=C\CCCC(=O)OCC(O)COP(=O)(O)OCCNC(C)=O. The van der Waals surface area contributed by atoms with Crippen molar-refractivity contribution in [2.45, 2.75) is 84.2 Å². The first-order chi connectivity index (χ1) is 20.8. The summed E-state index contributed by atoms with van der Waals surface area (Å²) < 4.78 is 25.9. The molecule has 0 aliphatic carbocycles. The van der Waals surface area contributed by atoms with Gasteiger partial charge in [-0.1, -0.05) is 92.0 Å². The van der Waals surface area contributed by atoms with E-state index in [1.165, 1.54) is 6.92 Å². The molecule has 0 bridgehead atoms. The molecule has 0 saturated carbocycles. The first-order valence-electron chi connectivity index (χ1n) is 15.0. The van der Waals surface area contributed by atoms with Crippen molar-refractivity contribution in [3.8, 4) is 0 Å². The van der Waals surface area contributed by atoms with Crippen LogP contribution in [0.1, 0.15) is 78.1 Å². The average Bonchev–Trinajstić information content (AvgIpc) is 2.97. The van der Waals surface area contributed by atoms with Crippen LogP contribution >= 0.6 is 7.82 Å². The number of hydrogen-bond acceptors (Lipinski definition) is 7. The van der Waals surface area contributed by atoms with Crippen LogP contribution in [-0.2, 0) is 27.9 Å². The first kappa shape index (κ1) is 40.2. The molecule has 0 heterocycles. The van der Waals surface area contributed by atoms with Gasteiger partial charge in [-0.15, -0.1) is 0 Å². The summed E-state index contributed by atoms with van der Waals surface area (Å²) in [6.45, 7) is 2.36. The maximum Gasteiger partial charge on any atom is 0.472 e. The Kier molecular flexibility index (Phi) is 27.4.